The van der Waals surface area contributed by atoms with Gasteiger partial charge in [0.25, 0.3) is 0 Å². The van der Waals surface area contributed by atoms with Crippen LogP contribution in [0, 0.1) is 11.2 Å². The third-order valence-corrected chi connectivity index (χ3v) is 9.11. The molecule has 9 nitrogen and oxygen atoms in total. The minimum absolute atomic E-state index is 0.0529. The van der Waals surface area contributed by atoms with Crippen molar-refractivity contribution in [2.24, 2.45) is 5.73 Å². The van der Waals surface area contributed by atoms with E-state index < -0.39 is 11.5 Å². The van der Waals surface area contributed by atoms with E-state index in [0.717, 1.165) is 67.6 Å². The Morgan fingerprint density at radius 2 is 2.14 bits per heavy atom. The normalized spacial score (nSPS) is 17.6. The lowest BCUT2D eigenvalue weighted by Gasteiger charge is -2.32. The standard InChI is InChI=1S/C32H40ClFN8OS/c1-18(35)6-4-7-20-12-24(29(34)25(33)13-20)27-14-21-17-42(32(43)41-31(21)40-27)23-15-28(44-3)30(38-16-23)26-9-5-8-22(39-26)10-11-37-19(2)36/h12-18,22,26,39H,4-11,35H2,1-3H3,(H2,36,37)(H,40,41,43)/t18-,22-,26-/m0/s1. The van der Waals surface area contributed by atoms with E-state index in [1.807, 2.05) is 19.2 Å². The third-order valence-electron chi connectivity index (χ3n) is 8.07. The lowest BCUT2D eigenvalue weighted by Crippen LogP contribution is -2.39. The Labute approximate surface area is 266 Å². The Kier molecular flexibility index (Phi) is 10.4. The van der Waals surface area contributed by atoms with Crippen LogP contribution in [0.15, 0.2) is 46.3 Å². The average Bonchev–Trinajstić information content (AvgIpc) is 3.40. The molecular weight excluding hydrogens is 599 g/mol. The number of pyridine rings is 1. The molecule has 1 saturated heterocycles. The lowest BCUT2D eigenvalue weighted by molar-refractivity contribution is 0.305. The highest BCUT2D eigenvalue weighted by Gasteiger charge is 2.25. The molecule has 0 amide bonds. The molecule has 0 saturated carbocycles. The Bertz CT molecular complexity index is 1700. The molecule has 1 aromatic carbocycles. The summed E-state index contributed by atoms with van der Waals surface area (Å²) >= 11 is 7.87. The molecule has 5 rings (SSSR count). The maximum atomic E-state index is 15.2. The van der Waals surface area contributed by atoms with Gasteiger partial charge in [-0.15, -0.1) is 11.8 Å². The summed E-state index contributed by atoms with van der Waals surface area (Å²) in [5, 5.41) is 15.1. The number of nitrogens with zero attached hydrogens (tertiary/aromatic N) is 3. The van der Waals surface area contributed by atoms with Crippen molar-refractivity contribution in [3.63, 3.8) is 0 Å². The van der Waals surface area contributed by atoms with Crippen LogP contribution < -0.4 is 22.1 Å². The topological polar surface area (TPSA) is 138 Å². The fraction of sp³-hybridized carbons (Fsp3) is 0.438. The number of halogens is 2. The highest BCUT2D eigenvalue weighted by molar-refractivity contribution is 7.98. The molecule has 12 heteroatoms. The molecule has 1 aliphatic rings. The van der Waals surface area contributed by atoms with Crippen molar-refractivity contribution in [2.75, 3.05) is 12.8 Å². The number of aromatic nitrogens is 4. The highest BCUT2D eigenvalue weighted by atomic mass is 35.5. The summed E-state index contributed by atoms with van der Waals surface area (Å²) in [4.78, 5) is 26.4. The van der Waals surface area contributed by atoms with Crippen molar-refractivity contribution in [1.82, 2.24) is 30.2 Å². The first-order chi connectivity index (χ1) is 21.1. The summed E-state index contributed by atoms with van der Waals surface area (Å²) in [6.07, 6.45) is 12.0. The second-order valence-corrected chi connectivity index (χ2v) is 12.9. The van der Waals surface area contributed by atoms with Gasteiger partial charge in [-0.3, -0.25) is 15.0 Å². The Hall–Kier alpha value is -3.25. The number of hydrogen-bond acceptors (Lipinski definition) is 7. The first kappa shape index (κ1) is 32.2. The molecule has 4 aromatic rings. The van der Waals surface area contributed by atoms with Crippen LogP contribution >= 0.6 is 23.4 Å². The number of rotatable bonds is 11. The van der Waals surface area contributed by atoms with Gasteiger partial charge in [-0.1, -0.05) is 11.6 Å². The molecule has 1 aliphatic heterocycles. The van der Waals surface area contributed by atoms with Crippen LogP contribution in [-0.4, -0.2) is 50.2 Å². The van der Waals surface area contributed by atoms with Crippen molar-refractivity contribution < 1.29 is 4.39 Å². The van der Waals surface area contributed by atoms with E-state index in [0.29, 0.717) is 39.9 Å². The van der Waals surface area contributed by atoms with Crippen LogP contribution in [0.2, 0.25) is 5.02 Å². The fourth-order valence-corrected chi connectivity index (χ4v) is 6.72. The van der Waals surface area contributed by atoms with E-state index >= 15 is 4.39 Å². The van der Waals surface area contributed by atoms with E-state index in [4.69, 9.17) is 27.7 Å². The van der Waals surface area contributed by atoms with Crippen LogP contribution in [-0.2, 0) is 6.42 Å². The largest absolute Gasteiger partial charge is 0.374 e. The summed E-state index contributed by atoms with van der Waals surface area (Å²) in [7, 11) is 0. The van der Waals surface area contributed by atoms with Gasteiger partial charge in [0.15, 0.2) is 5.82 Å². The van der Waals surface area contributed by atoms with Crippen molar-refractivity contribution in [3.05, 3.63) is 69.2 Å². The molecule has 0 unspecified atom stereocenters. The number of thioether (sulfide) groups is 1. The van der Waals surface area contributed by atoms with E-state index in [-0.39, 0.29) is 17.1 Å². The molecule has 44 heavy (non-hydrogen) atoms. The molecule has 4 heterocycles. The zero-order valence-electron chi connectivity index (χ0n) is 25.3. The van der Waals surface area contributed by atoms with E-state index in [1.165, 1.54) is 4.57 Å². The monoisotopic (exact) mass is 638 g/mol. The number of amidine groups is 1. The van der Waals surface area contributed by atoms with Crippen LogP contribution in [0.1, 0.15) is 69.7 Å². The van der Waals surface area contributed by atoms with Crippen molar-refractivity contribution in [1.29, 1.82) is 5.41 Å². The highest BCUT2D eigenvalue weighted by Crippen LogP contribution is 2.34. The number of piperidine rings is 1. The summed E-state index contributed by atoms with van der Waals surface area (Å²) in [5.74, 6) is -0.0407. The number of benzene rings is 1. The molecule has 1 fully saturated rings. The first-order valence-corrected chi connectivity index (χ1v) is 16.7. The number of hydrogen-bond donors (Lipinski definition) is 5. The van der Waals surface area contributed by atoms with Crippen molar-refractivity contribution in [3.8, 4) is 16.9 Å². The molecule has 6 N–H and O–H groups in total. The van der Waals surface area contributed by atoms with Crippen molar-refractivity contribution in [2.45, 2.75) is 81.8 Å². The molecular formula is C32H40ClFN8OS. The van der Waals surface area contributed by atoms with Gasteiger partial charge in [0.05, 0.1) is 40.2 Å². The zero-order chi connectivity index (χ0) is 31.4. The van der Waals surface area contributed by atoms with Gasteiger partial charge in [0.2, 0.25) is 0 Å². The summed E-state index contributed by atoms with van der Waals surface area (Å²) < 4.78 is 16.7. The van der Waals surface area contributed by atoms with E-state index in [9.17, 15) is 4.79 Å². The van der Waals surface area contributed by atoms with Gasteiger partial charge in [0.1, 0.15) is 5.65 Å². The SMILES string of the molecule is CSc1cc(-n2cc3cc(-c4cc(CCC[C@H](C)N)cc(Cl)c4F)[nH]c3nc2=O)cnc1[C@@H]1CCC[C@@H](CCNC(C)=N)N1. The Morgan fingerprint density at radius 1 is 1.32 bits per heavy atom. The average molecular weight is 639 g/mol. The predicted molar refractivity (Wildman–Crippen MR) is 178 cm³/mol. The Morgan fingerprint density at radius 3 is 2.89 bits per heavy atom. The number of nitrogens with one attached hydrogen (secondary N) is 4. The smallest absolute Gasteiger partial charge is 0.354 e. The van der Waals surface area contributed by atoms with Crippen LogP contribution in [0.25, 0.3) is 28.0 Å². The van der Waals surface area contributed by atoms with Gasteiger partial charge >= 0.3 is 5.69 Å². The maximum Gasteiger partial charge on any atom is 0.354 e. The zero-order valence-corrected chi connectivity index (χ0v) is 26.9. The summed E-state index contributed by atoms with van der Waals surface area (Å²) in [5.41, 5.74) is 9.15. The number of fused-ring (bicyclic) bond motifs is 1. The summed E-state index contributed by atoms with van der Waals surface area (Å²) in [6, 6.07) is 7.79. The molecule has 0 aliphatic carbocycles. The molecule has 0 radical (unpaired) electrons. The molecule has 3 atom stereocenters. The van der Waals surface area contributed by atoms with Gasteiger partial charge in [-0.05, 0) is 94.9 Å². The van der Waals surface area contributed by atoms with Gasteiger partial charge in [0, 0.05) is 40.7 Å². The van der Waals surface area contributed by atoms with Gasteiger partial charge in [-0.25, -0.2) is 9.18 Å². The van der Waals surface area contributed by atoms with E-state index in [1.54, 1.807) is 49.3 Å². The minimum atomic E-state index is -0.520. The number of nitrogens with two attached hydrogens (primary N) is 1. The Balaban J connectivity index is 1.40. The van der Waals surface area contributed by atoms with Crippen LogP contribution in [0.5, 0.6) is 0 Å². The fourth-order valence-electron chi connectivity index (χ4n) is 5.84. The quantitative estimate of drug-likeness (QED) is 0.0758. The predicted octanol–water partition coefficient (Wildman–Crippen LogP) is 6.12. The van der Waals surface area contributed by atoms with E-state index in [2.05, 4.69) is 20.6 Å². The molecule has 0 spiro atoms. The number of aryl methyl sites for hydroxylation is 1. The first-order valence-electron chi connectivity index (χ1n) is 15.1. The van der Waals surface area contributed by atoms with Gasteiger partial charge in [-0.2, -0.15) is 4.98 Å². The number of aromatic amines is 1. The second-order valence-electron chi connectivity index (χ2n) is 11.7. The maximum absolute atomic E-state index is 15.2. The second kappa shape index (κ2) is 14.2. The van der Waals surface area contributed by atoms with Crippen molar-refractivity contribution >= 4 is 40.2 Å². The number of H-pyrrole nitrogens is 1. The third kappa shape index (κ3) is 7.51. The van der Waals surface area contributed by atoms with Crippen LogP contribution in [0.4, 0.5) is 4.39 Å². The summed E-state index contributed by atoms with van der Waals surface area (Å²) in [6.45, 7) is 4.48. The molecule has 0 bridgehead atoms. The molecule has 234 valence electrons. The van der Waals surface area contributed by atoms with Crippen LogP contribution in [0.3, 0.4) is 0 Å². The lowest BCUT2D eigenvalue weighted by atomic mass is 9.94. The minimum Gasteiger partial charge on any atom is -0.374 e. The van der Waals surface area contributed by atoms with Gasteiger partial charge < -0.3 is 21.4 Å². The molecule has 3 aromatic heterocycles.